The lowest BCUT2D eigenvalue weighted by Crippen LogP contribution is -2.34. The van der Waals surface area contributed by atoms with Gasteiger partial charge in [-0.2, -0.15) is 11.8 Å². The van der Waals surface area contributed by atoms with E-state index in [4.69, 9.17) is 0 Å². The van der Waals surface area contributed by atoms with E-state index in [0.29, 0.717) is 17.5 Å². The summed E-state index contributed by atoms with van der Waals surface area (Å²) in [6, 6.07) is 3.50. The maximum absolute atomic E-state index is 12.5. The van der Waals surface area contributed by atoms with Crippen molar-refractivity contribution in [3.8, 4) is 0 Å². The van der Waals surface area contributed by atoms with Crippen molar-refractivity contribution in [2.45, 2.75) is 42.5 Å². The van der Waals surface area contributed by atoms with Gasteiger partial charge in [-0.15, -0.1) is 0 Å². The van der Waals surface area contributed by atoms with Gasteiger partial charge in [0.15, 0.2) is 5.03 Å². The number of thioether (sulfide) groups is 1. The SMILES string of the molecule is CCNc1cccnc1S(=O)(=O)NC1CCC(SC)C1. The van der Waals surface area contributed by atoms with E-state index < -0.39 is 10.0 Å². The molecule has 2 N–H and O–H groups in total. The molecule has 0 radical (unpaired) electrons. The Hall–Kier alpha value is -0.790. The lowest BCUT2D eigenvalue weighted by molar-refractivity contribution is 0.549. The molecule has 20 heavy (non-hydrogen) atoms. The molecule has 0 saturated heterocycles. The first-order valence-corrected chi connectivity index (χ1v) is 9.58. The van der Waals surface area contributed by atoms with Crippen molar-refractivity contribution in [3.63, 3.8) is 0 Å². The van der Waals surface area contributed by atoms with Gasteiger partial charge in [-0.3, -0.25) is 0 Å². The predicted molar refractivity (Wildman–Crippen MR) is 83.7 cm³/mol. The summed E-state index contributed by atoms with van der Waals surface area (Å²) < 4.78 is 27.7. The van der Waals surface area contributed by atoms with Crippen LogP contribution in [0.25, 0.3) is 0 Å². The van der Waals surface area contributed by atoms with Crippen molar-refractivity contribution < 1.29 is 8.42 Å². The first-order valence-electron chi connectivity index (χ1n) is 6.81. The number of rotatable bonds is 6. The second kappa shape index (κ2) is 6.78. The Bertz CT molecular complexity index is 548. The van der Waals surface area contributed by atoms with Crippen molar-refractivity contribution in [2.75, 3.05) is 18.1 Å². The van der Waals surface area contributed by atoms with Gasteiger partial charge in [0.2, 0.25) is 0 Å². The molecule has 7 heteroatoms. The molecular formula is C13H21N3O2S2. The molecule has 0 bridgehead atoms. The number of aromatic nitrogens is 1. The number of anilines is 1. The second-order valence-corrected chi connectivity index (χ2v) is 7.64. The molecule has 2 unspecified atom stereocenters. The first-order chi connectivity index (χ1) is 9.56. The molecule has 0 aromatic carbocycles. The lowest BCUT2D eigenvalue weighted by Gasteiger charge is -2.15. The van der Waals surface area contributed by atoms with Crippen LogP contribution < -0.4 is 10.0 Å². The Morgan fingerprint density at radius 3 is 2.90 bits per heavy atom. The minimum Gasteiger partial charge on any atom is -0.383 e. The monoisotopic (exact) mass is 315 g/mol. The molecule has 1 fully saturated rings. The van der Waals surface area contributed by atoms with Crippen molar-refractivity contribution in [2.24, 2.45) is 0 Å². The molecule has 1 aliphatic carbocycles. The van der Waals surface area contributed by atoms with E-state index in [1.54, 1.807) is 23.9 Å². The van der Waals surface area contributed by atoms with E-state index in [1.807, 2.05) is 6.92 Å². The summed E-state index contributed by atoms with van der Waals surface area (Å²) in [6.07, 6.45) is 6.44. The molecule has 1 saturated carbocycles. The van der Waals surface area contributed by atoms with Crippen LogP contribution in [0.1, 0.15) is 26.2 Å². The number of nitrogens with zero attached hydrogens (tertiary/aromatic N) is 1. The Kier molecular flexibility index (Phi) is 5.29. The van der Waals surface area contributed by atoms with Crippen LogP contribution in [0.15, 0.2) is 23.4 Å². The zero-order valence-electron chi connectivity index (χ0n) is 11.8. The molecular weight excluding hydrogens is 294 g/mol. The van der Waals surface area contributed by atoms with Crippen molar-refractivity contribution in [3.05, 3.63) is 18.3 Å². The summed E-state index contributed by atoms with van der Waals surface area (Å²) in [7, 11) is -3.56. The molecule has 5 nitrogen and oxygen atoms in total. The molecule has 0 aliphatic heterocycles. The van der Waals surface area contributed by atoms with E-state index in [-0.39, 0.29) is 11.1 Å². The average molecular weight is 315 g/mol. The molecule has 112 valence electrons. The zero-order chi connectivity index (χ0) is 14.6. The number of pyridine rings is 1. The molecule has 1 aromatic heterocycles. The molecule has 0 spiro atoms. The Morgan fingerprint density at radius 2 is 2.25 bits per heavy atom. The van der Waals surface area contributed by atoms with Crippen LogP contribution in [0.2, 0.25) is 0 Å². The van der Waals surface area contributed by atoms with Gasteiger partial charge in [0.05, 0.1) is 5.69 Å². The van der Waals surface area contributed by atoms with Gasteiger partial charge in [-0.25, -0.2) is 18.1 Å². The number of nitrogens with one attached hydrogen (secondary N) is 2. The molecule has 1 heterocycles. The Balaban J connectivity index is 2.14. The van der Waals surface area contributed by atoms with Gasteiger partial charge in [-0.1, -0.05) is 0 Å². The van der Waals surface area contributed by atoms with E-state index in [0.717, 1.165) is 19.3 Å². The van der Waals surface area contributed by atoms with Gasteiger partial charge < -0.3 is 5.32 Å². The van der Waals surface area contributed by atoms with Gasteiger partial charge in [0.1, 0.15) is 0 Å². The molecule has 2 rings (SSSR count). The Morgan fingerprint density at radius 1 is 1.45 bits per heavy atom. The second-order valence-electron chi connectivity index (χ2n) is 4.88. The van der Waals surface area contributed by atoms with Crippen molar-refractivity contribution in [1.29, 1.82) is 0 Å². The summed E-state index contributed by atoms with van der Waals surface area (Å²) in [5, 5.41) is 3.69. The van der Waals surface area contributed by atoms with Gasteiger partial charge >= 0.3 is 0 Å². The van der Waals surface area contributed by atoms with Crippen LogP contribution in [-0.2, 0) is 10.0 Å². The maximum Gasteiger partial charge on any atom is 0.260 e. The smallest absolute Gasteiger partial charge is 0.260 e. The summed E-state index contributed by atoms with van der Waals surface area (Å²) in [4.78, 5) is 4.03. The predicted octanol–water partition coefficient (Wildman–Crippen LogP) is 2.08. The third kappa shape index (κ3) is 3.65. The van der Waals surface area contributed by atoms with Gasteiger partial charge in [0.25, 0.3) is 10.0 Å². The molecule has 0 amide bonds. The zero-order valence-corrected chi connectivity index (χ0v) is 13.4. The van der Waals surface area contributed by atoms with Crippen molar-refractivity contribution in [1.82, 2.24) is 9.71 Å². The van der Waals surface area contributed by atoms with Gasteiger partial charge in [0, 0.05) is 24.0 Å². The largest absolute Gasteiger partial charge is 0.383 e. The highest BCUT2D eigenvalue weighted by Gasteiger charge is 2.29. The highest BCUT2D eigenvalue weighted by Crippen LogP contribution is 2.29. The average Bonchev–Trinajstić information content (AvgIpc) is 2.86. The van der Waals surface area contributed by atoms with Crippen LogP contribution in [0.4, 0.5) is 5.69 Å². The number of sulfonamides is 1. The minimum atomic E-state index is -3.56. The topological polar surface area (TPSA) is 71.1 Å². The maximum atomic E-state index is 12.5. The normalized spacial score (nSPS) is 22.9. The number of hydrogen-bond donors (Lipinski definition) is 2. The highest BCUT2D eigenvalue weighted by atomic mass is 32.2. The summed E-state index contributed by atoms with van der Waals surface area (Å²) in [6.45, 7) is 2.59. The standard InChI is InChI=1S/C13H21N3O2S2/c1-3-14-12-5-4-8-15-13(12)20(17,18)16-10-6-7-11(9-10)19-2/h4-5,8,10-11,14,16H,3,6-7,9H2,1-2H3. The fraction of sp³-hybridized carbons (Fsp3) is 0.615. The van der Waals surface area contributed by atoms with E-state index in [1.165, 1.54) is 6.20 Å². The molecule has 1 aliphatic rings. The fourth-order valence-electron chi connectivity index (χ4n) is 2.47. The van der Waals surface area contributed by atoms with Crippen LogP contribution in [0, 0.1) is 0 Å². The highest BCUT2D eigenvalue weighted by molar-refractivity contribution is 7.99. The van der Waals surface area contributed by atoms with Crippen LogP contribution in [0.5, 0.6) is 0 Å². The van der Waals surface area contributed by atoms with E-state index >= 15 is 0 Å². The number of hydrogen-bond acceptors (Lipinski definition) is 5. The molecule has 2 atom stereocenters. The third-order valence-electron chi connectivity index (χ3n) is 3.43. The fourth-order valence-corrected chi connectivity index (χ4v) is 4.66. The summed E-state index contributed by atoms with van der Waals surface area (Å²) in [5.74, 6) is 0. The lowest BCUT2D eigenvalue weighted by atomic mass is 10.3. The summed E-state index contributed by atoms with van der Waals surface area (Å²) in [5.41, 5.74) is 0.557. The van der Waals surface area contributed by atoms with Crippen LogP contribution in [-0.4, -0.2) is 37.5 Å². The van der Waals surface area contributed by atoms with Crippen LogP contribution in [0.3, 0.4) is 0 Å². The van der Waals surface area contributed by atoms with Crippen LogP contribution >= 0.6 is 11.8 Å². The van der Waals surface area contributed by atoms with Gasteiger partial charge in [-0.05, 0) is 44.6 Å². The Labute approximate surface area is 125 Å². The quantitative estimate of drug-likeness (QED) is 0.841. The first kappa shape index (κ1) is 15.6. The van der Waals surface area contributed by atoms with Crippen molar-refractivity contribution >= 4 is 27.5 Å². The minimum absolute atomic E-state index is 0.0222. The van der Waals surface area contributed by atoms with E-state index in [2.05, 4.69) is 21.3 Å². The third-order valence-corrected chi connectivity index (χ3v) is 6.01. The molecule has 1 aromatic rings. The summed E-state index contributed by atoms with van der Waals surface area (Å²) >= 11 is 1.81. The van der Waals surface area contributed by atoms with E-state index in [9.17, 15) is 8.42 Å².